The van der Waals surface area contributed by atoms with Gasteiger partial charge in [-0.25, -0.2) is 0 Å². The molecule has 0 saturated carbocycles. The zero-order valence-corrected chi connectivity index (χ0v) is 31.8. The fourth-order valence-corrected chi connectivity index (χ4v) is 6.03. The molecule has 0 fully saturated rings. The Morgan fingerprint density at radius 1 is 0.239 bits per heavy atom. The predicted molar refractivity (Wildman–Crippen MR) is 210 cm³/mol. The third-order valence-electron chi connectivity index (χ3n) is 9.17. The van der Waals surface area contributed by atoms with Crippen LogP contribution in [-0.4, -0.2) is 52.4 Å². The van der Waals surface area contributed by atoms with Crippen LogP contribution in [0.4, 0.5) is 0 Å². The summed E-state index contributed by atoms with van der Waals surface area (Å²) in [5.74, 6) is 0. The van der Waals surface area contributed by atoms with Gasteiger partial charge in [-0.3, -0.25) is 0 Å². The zero-order chi connectivity index (χ0) is 33.1. The summed E-state index contributed by atoms with van der Waals surface area (Å²) in [6.45, 7) is 13.4. The van der Waals surface area contributed by atoms with Crippen molar-refractivity contribution in [3.63, 3.8) is 0 Å². The van der Waals surface area contributed by atoms with Crippen LogP contribution in [0, 0.1) is 0 Å². The molecule has 0 unspecified atom stereocenters. The van der Waals surface area contributed by atoms with Crippen molar-refractivity contribution in [2.24, 2.45) is 0 Å². The first-order valence-electron chi connectivity index (χ1n) is 21.0. The molecule has 0 aromatic carbocycles. The fraction of sp³-hybridized carbons (Fsp3) is 0.905. The third kappa shape index (κ3) is 43.3. The smallest absolute Gasteiger partial charge is 0.00772 e. The second-order valence-corrected chi connectivity index (χ2v) is 13.9. The van der Waals surface area contributed by atoms with Crippen molar-refractivity contribution in [2.45, 2.75) is 194 Å². The van der Waals surface area contributed by atoms with Crippen molar-refractivity contribution in [3.05, 3.63) is 24.3 Å². The lowest BCUT2D eigenvalue weighted by Gasteiger charge is -2.09. The van der Waals surface area contributed by atoms with Crippen LogP contribution in [0.15, 0.2) is 24.3 Å². The summed E-state index contributed by atoms with van der Waals surface area (Å²) in [5, 5.41) is 14.3. The molecule has 4 N–H and O–H groups in total. The molecule has 0 heterocycles. The van der Waals surface area contributed by atoms with Crippen LogP contribution in [0.2, 0.25) is 0 Å². The molecule has 0 aliphatic rings. The average molecular weight is 647 g/mol. The van der Waals surface area contributed by atoms with Crippen LogP contribution in [0.1, 0.15) is 194 Å². The summed E-state index contributed by atoms with van der Waals surface area (Å²) in [7, 11) is 0. The normalized spacial score (nSPS) is 12.0. The van der Waals surface area contributed by atoms with Crippen molar-refractivity contribution in [3.8, 4) is 0 Å². The van der Waals surface area contributed by atoms with E-state index in [0.717, 1.165) is 39.3 Å². The maximum atomic E-state index is 3.60. The molecule has 0 radical (unpaired) electrons. The lowest BCUT2D eigenvalue weighted by molar-refractivity contribution is 0.537. The summed E-state index contributed by atoms with van der Waals surface area (Å²) in [5.41, 5.74) is 0. The minimum absolute atomic E-state index is 1.06. The standard InChI is InChI=1S/C42H86N4/c1-3-5-7-9-11-13-15-17-19-21-23-25-27-29-31-33-35-43-37-39-45-41-42-46-40-38-44-36-34-32-30-28-26-24-22-20-18-16-14-12-10-8-6-4-2/h17-20,43-46H,3-16,21-42H2,1-2H3/b19-17-,20-18-. The first kappa shape index (κ1) is 45.3. The van der Waals surface area contributed by atoms with E-state index in [0.29, 0.717) is 0 Å². The number of unbranched alkanes of at least 4 members (excludes halogenated alkanes) is 24. The molecule has 0 aromatic heterocycles. The first-order valence-corrected chi connectivity index (χ1v) is 21.0. The van der Waals surface area contributed by atoms with Gasteiger partial charge in [-0.15, -0.1) is 0 Å². The van der Waals surface area contributed by atoms with Crippen molar-refractivity contribution in [1.82, 2.24) is 21.3 Å². The Morgan fingerprint density at radius 3 is 0.739 bits per heavy atom. The van der Waals surface area contributed by atoms with Crippen LogP contribution in [0.5, 0.6) is 0 Å². The van der Waals surface area contributed by atoms with Crippen LogP contribution in [0.3, 0.4) is 0 Å². The molecule has 0 aliphatic carbocycles. The molecule has 4 nitrogen and oxygen atoms in total. The molecule has 0 aliphatic heterocycles. The Kier molecular flexibility index (Phi) is 43.7. The summed E-state index contributed by atoms with van der Waals surface area (Å²) in [4.78, 5) is 0. The van der Waals surface area contributed by atoms with Crippen LogP contribution < -0.4 is 21.3 Å². The van der Waals surface area contributed by atoms with Gasteiger partial charge in [0.05, 0.1) is 0 Å². The third-order valence-corrected chi connectivity index (χ3v) is 9.17. The Bertz CT molecular complexity index is 526. The number of hydrogen-bond acceptors (Lipinski definition) is 4. The van der Waals surface area contributed by atoms with Gasteiger partial charge in [-0.1, -0.05) is 154 Å². The minimum atomic E-state index is 1.06. The molecule has 0 amide bonds. The van der Waals surface area contributed by atoms with Crippen LogP contribution >= 0.6 is 0 Å². The molecule has 0 spiro atoms. The lowest BCUT2D eigenvalue weighted by Crippen LogP contribution is -2.35. The second kappa shape index (κ2) is 44.3. The molecular formula is C42H86N4. The van der Waals surface area contributed by atoms with E-state index in [1.54, 1.807) is 0 Å². The molecule has 4 heteroatoms. The van der Waals surface area contributed by atoms with Crippen molar-refractivity contribution in [1.29, 1.82) is 0 Å². The van der Waals surface area contributed by atoms with Crippen molar-refractivity contribution in [2.75, 3.05) is 52.4 Å². The maximum absolute atomic E-state index is 3.60. The highest BCUT2D eigenvalue weighted by Gasteiger charge is 1.95. The number of hydrogen-bond donors (Lipinski definition) is 4. The SMILES string of the molecule is CCCCCCCC/C=C\CCCCCCCCNCCNCCNCCNCCCCCCCC/C=C\CCCCCCCC. The van der Waals surface area contributed by atoms with Crippen LogP contribution in [0.25, 0.3) is 0 Å². The van der Waals surface area contributed by atoms with Crippen molar-refractivity contribution >= 4 is 0 Å². The monoisotopic (exact) mass is 647 g/mol. The van der Waals surface area contributed by atoms with Gasteiger partial charge in [0.2, 0.25) is 0 Å². The molecule has 0 bridgehead atoms. The fourth-order valence-electron chi connectivity index (χ4n) is 6.03. The number of nitrogens with one attached hydrogen (secondary N) is 4. The largest absolute Gasteiger partial charge is 0.315 e. The molecule has 0 rings (SSSR count). The van der Waals surface area contributed by atoms with Gasteiger partial charge in [-0.2, -0.15) is 0 Å². The molecule has 0 saturated heterocycles. The lowest BCUT2D eigenvalue weighted by atomic mass is 10.1. The van der Waals surface area contributed by atoms with Gasteiger partial charge in [0.1, 0.15) is 0 Å². The molecule has 46 heavy (non-hydrogen) atoms. The first-order chi connectivity index (χ1) is 22.9. The minimum Gasteiger partial charge on any atom is -0.315 e. The van der Waals surface area contributed by atoms with Gasteiger partial charge >= 0.3 is 0 Å². The van der Waals surface area contributed by atoms with E-state index in [-0.39, 0.29) is 0 Å². The molecule has 274 valence electrons. The zero-order valence-electron chi connectivity index (χ0n) is 31.8. The van der Waals surface area contributed by atoms with E-state index < -0.39 is 0 Å². The highest BCUT2D eigenvalue weighted by Crippen LogP contribution is 2.11. The summed E-state index contributed by atoms with van der Waals surface area (Å²) in [6.07, 6.45) is 48.3. The van der Waals surface area contributed by atoms with Gasteiger partial charge in [0.25, 0.3) is 0 Å². The van der Waals surface area contributed by atoms with E-state index in [2.05, 4.69) is 59.4 Å². The highest BCUT2D eigenvalue weighted by atomic mass is 15.0. The molecule has 0 aromatic rings. The average Bonchev–Trinajstić information content (AvgIpc) is 3.07. The van der Waals surface area contributed by atoms with E-state index >= 15 is 0 Å². The van der Waals surface area contributed by atoms with E-state index in [9.17, 15) is 0 Å². The Labute approximate surface area is 291 Å². The number of rotatable bonds is 41. The second-order valence-electron chi connectivity index (χ2n) is 13.9. The Hall–Kier alpha value is -0.680. The quantitative estimate of drug-likeness (QED) is 0.0394. The maximum Gasteiger partial charge on any atom is 0.00772 e. The summed E-state index contributed by atoms with van der Waals surface area (Å²) in [6, 6.07) is 0. The van der Waals surface area contributed by atoms with Gasteiger partial charge in [0, 0.05) is 39.3 Å². The summed E-state index contributed by atoms with van der Waals surface area (Å²) < 4.78 is 0. The highest BCUT2D eigenvalue weighted by molar-refractivity contribution is 4.82. The van der Waals surface area contributed by atoms with Gasteiger partial charge in [-0.05, 0) is 77.3 Å². The van der Waals surface area contributed by atoms with E-state index in [1.807, 2.05) is 0 Å². The Morgan fingerprint density at radius 2 is 0.457 bits per heavy atom. The molecule has 0 atom stereocenters. The van der Waals surface area contributed by atoms with Gasteiger partial charge in [0.15, 0.2) is 0 Å². The van der Waals surface area contributed by atoms with Crippen LogP contribution in [-0.2, 0) is 0 Å². The van der Waals surface area contributed by atoms with Gasteiger partial charge < -0.3 is 21.3 Å². The van der Waals surface area contributed by atoms with E-state index in [4.69, 9.17) is 0 Å². The summed E-state index contributed by atoms with van der Waals surface area (Å²) >= 11 is 0. The van der Waals surface area contributed by atoms with E-state index in [1.165, 1.54) is 193 Å². The Balaban J connectivity index is 3.09. The predicted octanol–water partition coefficient (Wildman–Crippen LogP) is 11.4. The number of allylic oxidation sites excluding steroid dienone is 4. The van der Waals surface area contributed by atoms with Crippen molar-refractivity contribution < 1.29 is 0 Å². The topological polar surface area (TPSA) is 48.1 Å². The molecular weight excluding hydrogens is 560 g/mol.